The number of methoxy groups -OCH3 is 1. The van der Waals surface area contributed by atoms with Gasteiger partial charge in [0.15, 0.2) is 5.82 Å². The van der Waals surface area contributed by atoms with Crippen molar-refractivity contribution in [1.29, 1.82) is 0 Å². The first-order valence-corrected chi connectivity index (χ1v) is 5.92. The van der Waals surface area contributed by atoms with E-state index in [1.165, 1.54) is 36.3 Å². The molecule has 20 heavy (non-hydrogen) atoms. The van der Waals surface area contributed by atoms with Crippen LogP contribution in [0.4, 0.5) is 10.1 Å². The Balaban J connectivity index is 2.47. The van der Waals surface area contributed by atoms with Crippen LogP contribution in [0.2, 0.25) is 0 Å². The van der Waals surface area contributed by atoms with Crippen LogP contribution in [0.5, 0.6) is 5.75 Å². The summed E-state index contributed by atoms with van der Waals surface area (Å²) in [6.45, 7) is 1.95. The van der Waals surface area contributed by atoms with E-state index in [0.717, 1.165) is 0 Å². The number of hydrogen-bond acceptors (Lipinski definition) is 5. The second kappa shape index (κ2) is 5.60. The zero-order valence-electron chi connectivity index (χ0n) is 11.1. The minimum absolute atomic E-state index is 0.0333. The molecule has 0 fully saturated rings. The molecule has 106 valence electrons. The number of hydrogen-bond donors (Lipinski definition) is 1. The van der Waals surface area contributed by atoms with Crippen LogP contribution in [-0.4, -0.2) is 29.5 Å². The number of esters is 1. The summed E-state index contributed by atoms with van der Waals surface area (Å²) in [4.78, 5) is 11.6. The van der Waals surface area contributed by atoms with Crippen molar-refractivity contribution in [3.63, 3.8) is 0 Å². The van der Waals surface area contributed by atoms with Crippen LogP contribution < -0.4 is 10.5 Å². The first kappa shape index (κ1) is 13.9. The fourth-order valence-electron chi connectivity index (χ4n) is 1.71. The molecule has 2 N–H and O–H groups in total. The maximum absolute atomic E-state index is 14.1. The molecule has 1 aromatic carbocycles. The molecule has 0 spiro atoms. The minimum Gasteiger partial charge on any atom is -0.494 e. The van der Waals surface area contributed by atoms with Crippen LogP contribution in [0.15, 0.2) is 24.5 Å². The molecule has 0 aliphatic carbocycles. The van der Waals surface area contributed by atoms with Gasteiger partial charge in [0.1, 0.15) is 11.4 Å². The van der Waals surface area contributed by atoms with E-state index >= 15 is 0 Å². The first-order chi connectivity index (χ1) is 9.58. The van der Waals surface area contributed by atoms with E-state index in [9.17, 15) is 9.18 Å². The van der Waals surface area contributed by atoms with Crippen molar-refractivity contribution in [1.82, 2.24) is 9.78 Å². The van der Waals surface area contributed by atoms with E-state index < -0.39 is 11.8 Å². The Hall–Kier alpha value is -2.57. The Morgan fingerprint density at radius 2 is 2.25 bits per heavy atom. The fourth-order valence-corrected chi connectivity index (χ4v) is 1.71. The summed E-state index contributed by atoms with van der Waals surface area (Å²) < 4.78 is 25.2. The topological polar surface area (TPSA) is 79.4 Å². The van der Waals surface area contributed by atoms with E-state index in [-0.39, 0.29) is 29.3 Å². The number of aromatic nitrogens is 2. The average molecular weight is 279 g/mol. The molecule has 0 atom stereocenters. The summed E-state index contributed by atoms with van der Waals surface area (Å²) in [5.41, 5.74) is 5.76. The number of rotatable bonds is 4. The van der Waals surface area contributed by atoms with Gasteiger partial charge in [-0.15, -0.1) is 0 Å². The number of anilines is 1. The predicted octanol–water partition coefficient (Wildman–Crippen LogP) is 1.78. The maximum Gasteiger partial charge on any atom is 0.341 e. The summed E-state index contributed by atoms with van der Waals surface area (Å²) in [6, 6.07) is 2.92. The predicted molar refractivity (Wildman–Crippen MR) is 70.4 cm³/mol. The third kappa shape index (κ3) is 2.42. The number of nitrogens with zero attached hydrogens (tertiary/aromatic N) is 2. The molecule has 2 aromatic rings. The van der Waals surface area contributed by atoms with Crippen LogP contribution in [0.1, 0.15) is 17.3 Å². The van der Waals surface area contributed by atoms with E-state index in [4.69, 9.17) is 15.2 Å². The third-order valence-corrected chi connectivity index (χ3v) is 2.65. The second-order valence-electron chi connectivity index (χ2n) is 3.91. The highest BCUT2D eigenvalue weighted by Gasteiger charge is 2.17. The van der Waals surface area contributed by atoms with Crippen LogP contribution in [0.25, 0.3) is 5.69 Å². The summed E-state index contributed by atoms with van der Waals surface area (Å²) in [5.74, 6) is -0.930. The van der Waals surface area contributed by atoms with Gasteiger partial charge in [0.25, 0.3) is 0 Å². The Labute approximate surface area is 114 Å². The van der Waals surface area contributed by atoms with E-state index in [2.05, 4.69) is 5.10 Å². The number of ether oxygens (including phenoxy) is 2. The quantitative estimate of drug-likeness (QED) is 0.681. The number of halogens is 1. The summed E-state index contributed by atoms with van der Waals surface area (Å²) >= 11 is 0. The molecule has 0 saturated carbocycles. The van der Waals surface area contributed by atoms with Gasteiger partial charge in [-0.25, -0.2) is 13.9 Å². The van der Waals surface area contributed by atoms with Crippen LogP contribution in [-0.2, 0) is 4.74 Å². The standard InChI is InChI=1S/C13H14FN3O3/c1-3-20-13(18)8-6-16-17(7-8)12-10(19-2)5-4-9(15)11(12)14/h4-7H,3,15H2,1-2H3. The van der Waals surface area contributed by atoms with E-state index in [1.54, 1.807) is 6.92 Å². The third-order valence-electron chi connectivity index (χ3n) is 2.65. The normalized spacial score (nSPS) is 10.3. The van der Waals surface area contributed by atoms with Crippen molar-refractivity contribution in [2.24, 2.45) is 0 Å². The molecule has 0 unspecified atom stereocenters. The highest BCUT2D eigenvalue weighted by Crippen LogP contribution is 2.29. The molecular weight excluding hydrogens is 265 g/mol. The highest BCUT2D eigenvalue weighted by molar-refractivity contribution is 5.88. The monoisotopic (exact) mass is 279 g/mol. The van der Waals surface area contributed by atoms with Gasteiger partial charge in [-0.1, -0.05) is 0 Å². The van der Waals surface area contributed by atoms with E-state index in [1.807, 2.05) is 0 Å². The molecule has 1 aromatic heterocycles. The largest absolute Gasteiger partial charge is 0.494 e. The second-order valence-corrected chi connectivity index (χ2v) is 3.91. The minimum atomic E-state index is -0.664. The van der Waals surface area contributed by atoms with Crippen molar-refractivity contribution in [2.75, 3.05) is 19.5 Å². The van der Waals surface area contributed by atoms with Gasteiger partial charge in [-0.05, 0) is 19.1 Å². The van der Waals surface area contributed by atoms with Crippen molar-refractivity contribution >= 4 is 11.7 Å². The molecule has 0 amide bonds. The fraction of sp³-hybridized carbons (Fsp3) is 0.231. The van der Waals surface area contributed by atoms with Crippen LogP contribution in [0, 0.1) is 5.82 Å². The van der Waals surface area contributed by atoms with Gasteiger partial charge in [0, 0.05) is 6.20 Å². The molecule has 0 radical (unpaired) electrons. The van der Waals surface area contributed by atoms with Crippen molar-refractivity contribution in [3.8, 4) is 11.4 Å². The Bertz CT molecular complexity index is 640. The lowest BCUT2D eigenvalue weighted by Crippen LogP contribution is -2.05. The van der Waals surface area contributed by atoms with Gasteiger partial charge >= 0.3 is 5.97 Å². The van der Waals surface area contributed by atoms with Crippen molar-refractivity contribution in [3.05, 3.63) is 35.9 Å². The molecular formula is C13H14FN3O3. The lowest BCUT2D eigenvalue weighted by Gasteiger charge is -2.10. The molecule has 0 bridgehead atoms. The van der Waals surface area contributed by atoms with Crippen LogP contribution in [0.3, 0.4) is 0 Å². The number of carbonyl (C=O) groups excluding carboxylic acids is 1. The molecule has 0 aliphatic rings. The lowest BCUT2D eigenvalue weighted by molar-refractivity contribution is 0.0526. The summed E-state index contributed by atoms with van der Waals surface area (Å²) in [6.07, 6.45) is 2.65. The summed E-state index contributed by atoms with van der Waals surface area (Å²) in [5, 5.41) is 3.94. The first-order valence-electron chi connectivity index (χ1n) is 5.92. The van der Waals surface area contributed by atoms with Crippen molar-refractivity contribution < 1.29 is 18.7 Å². The Kier molecular flexibility index (Phi) is 3.88. The van der Waals surface area contributed by atoms with Gasteiger partial charge in [0.2, 0.25) is 0 Å². The molecule has 2 rings (SSSR count). The number of benzene rings is 1. The Morgan fingerprint density at radius 1 is 1.50 bits per heavy atom. The molecule has 0 aliphatic heterocycles. The number of nitrogens with two attached hydrogens (primary N) is 1. The van der Waals surface area contributed by atoms with Gasteiger partial charge in [0.05, 0.1) is 31.2 Å². The molecule has 1 heterocycles. The zero-order chi connectivity index (χ0) is 14.7. The highest BCUT2D eigenvalue weighted by atomic mass is 19.1. The Morgan fingerprint density at radius 3 is 2.90 bits per heavy atom. The van der Waals surface area contributed by atoms with Crippen molar-refractivity contribution in [2.45, 2.75) is 6.92 Å². The lowest BCUT2D eigenvalue weighted by atomic mass is 10.2. The number of nitrogen functional groups attached to an aromatic ring is 1. The van der Waals surface area contributed by atoms with Gasteiger partial charge < -0.3 is 15.2 Å². The molecule has 6 nitrogen and oxygen atoms in total. The van der Waals surface area contributed by atoms with E-state index in [0.29, 0.717) is 0 Å². The maximum atomic E-state index is 14.1. The molecule has 7 heteroatoms. The smallest absolute Gasteiger partial charge is 0.341 e. The number of carbonyl (C=O) groups is 1. The summed E-state index contributed by atoms with van der Waals surface area (Å²) in [7, 11) is 1.41. The average Bonchev–Trinajstić information content (AvgIpc) is 2.91. The van der Waals surface area contributed by atoms with Gasteiger partial charge in [-0.2, -0.15) is 5.10 Å². The zero-order valence-corrected chi connectivity index (χ0v) is 11.1. The SMILES string of the molecule is CCOC(=O)c1cnn(-c2c(OC)ccc(N)c2F)c1. The molecule has 0 saturated heterocycles. The van der Waals surface area contributed by atoms with Crippen LogP contribution >= 0.6 is 0 Å². The van der Waals surface area contributed by atoms with Gasteiger partial charge in [-0.3, -0.25) is 0 Å².